The minimum Gasteiger partial charge on any atom is -0.481 e. The monoisotopic (exact) mass is 376 g/mol. The van der Waals surface area contributed by atoms with E-state index in [0.29, 0.717) is 5.88 Å². The first-order valence-electron chi connectivity index (χ1n) is 9.38. The molecule has 1 aromatic carbocycles. The zero-order valence-corrected chi connectivity index (χ0v) is 15.9. The van der Waals surface area contributed by atoms with Gasteiger partial charge >= 0.3 is 0 Å². The average molecular weight is 376 g/mol. The molecule has 3 aromatic rings. The zero-order chi connectivity index (χ0) is 19.5. The predicted molar refractivity (Wildman–Crippen MR) is 111 cm³/mol. The van der Waals surface area contributed by atoms with Gasteiger partial charge in [0.15, 0.2) is 0 Å². The lowest BCUT2D eigenvalue weighted by molar-refractivity contribution is 0.398. The highest BCUT2D eigenvalue weighted by molar-refractivity contribution is 5.81. The fraction of sp³-hybridized carbons (Fsp3) is 0.286. The van der Waals surface area contributed by atoms with Gasteiger partial charge in [-0.25, -0.2) is 15.0 Å². The Morgan fingerprint density at radius 3 is 2.32 bits per heavy atom. The largest absolute Gasteiger partial charge is 0.481 e. The molecule has 0 amide bonds. The van der Waals surface area contributed by atoms with E-state index in [2.05, 4.69) is 14.9 Å². The fourth-order valence-corrected chi connectivity index (χ4v) is 3.36. The Morgan fingerprint density at radius 2 is 1.68 bits per heavy atom. The van der Waals surface area contributed by atoms with Gasteiger partial charge in [0.05, 0.1) is 12.8 Å². The van der Waals surface area contributed by atoms with E-state index in [9.17, 15) is 0 Å². The van der Waals surface area contributed by atoms with Gasteiger partial charge in [-0.2, -0.15) is 0 Å². The van der Waals surface area contributed by atoms with Crippen LogP contribution in [0.4, 0.5) is 11.6 Å². The Hall–Kier alpha value is -3.19. The van der Waals surface area contributed by atoms with Crippen molar-refractivity contribution in [2.24, 2.45) is 5.73 Å². The summed E-state index contributed by atoms with van der Waals surface area (Å²) in [6, 6.07) is 11.8. The Balaban J connectivity index is 1.77. The molecule has 1 saturated heterocycles. The summed E-state index contributed by atoms with van der Waals surface area (Å²) in [4.78, 5) is 16.1. The number of rotatable bonds is 4. The Kier molecular flexibility index (Phi) is 5.08. The number of anilines is 2. The van der Waals surface area contributed by atoms with Gasteiger partial charge < -0.3 is 21.1 Å². The second kappa shape index (κ2) is 7.82. The van der Waals surface area contributed by atoms with Crippen LogP contribution in [-0.4, -0.2) is 41.2 Å². The second-order valence-electron chi connectivity index (χ2n) is 6.97. The highest BCUT2D eigenvalue weighted by Gasteiger charge is 2.20. The molecule has 7 nitrogen and oxygen atoms in total. The maximum absolute atomic E-state index is 6.04. The van der Waals surface area contributed by atoms with E-state index in [4.69, 9.17) is 21.2 Å². The van der Waals surface area contributed by atoms with Gasteiger partial charge in [-0.1, -0.05) is 12.1 Å². The highest BCUT2D eigenvalue weighted by Crippen LogP contribution is 2.32. The molecule has 0 unspecified atom stereocenters. The van der Waals surface area contributed by atoms with Crippen LogP contribution in [0.3, 0.4) is 0 Å². The van der Waals surface area contributed by atoms with Gasteiger partial charge in [-0.15, -0.1) is 0 Å². The van der Waals surface area contributed by atoms with Crippen molar-refractivity contribution < 1.29 is 4.74 Å². The SMILES string of the molecule is COc1ccc(-c2cnc(N3CCC(N)CC3)nc2-c2ccc(N)cc2)cn1. The summed E-state index contributed by atoms with van der Waals surface area (Å²) in [5.74, 6) is 1.30. The molecule has 0 bridgehead atoms. The third-order valence-corrected chi connectivity index (χ3v) is 5.04. The third-order valence-electron chi connectivity index (χ3n) is 5.04. The van der Waals surface area contributed by atoms with Crippen molar-refractivity contribution in [1.82, 2.24) is 15.0 Å². The number of pyridine rings is 1. The van der Waals surface area contributed by atoms with E-state index in [-0.39, 0.29) is 6.04 Å². The lowest BCUT2D eigenvalue weighted by atomic mass is 10.0. The quantitative estimate of drug-likeness (QED) is 0.675. The van der Waals surface area contributed by atoms with Gasteiger partial charge in [-0.05, 0) is 31.0 Å². The molecule has 2 aromatic heterocycles. The number of methoxy groups -OCH3 is 1. The molecule has 0 atom stereocenters. The number of nitrogens with two attached hydrogens (primary N) is 2. The van der Waals surface area contributed by atoms with Crippen LogP contribution in [0.5, 0.6) is 5.88 Å². The van der Waals surface area contributed by atoms with Crippen LogP contribution < -0.4 is 21.1 Å². The van der Waals surface area contributed by atoms with Crippen LogP contribution in [0.2, 0.25) is 0 Å². The van der Waals surface area contributed by atoms with Gasteiger partial charge in [0.25, 0.3) is 0 Å². The summed E-state index contributed by atoms with van der Waals surface area (Å²) < 4.78 is 5.17. The van der Waals surface area contributed by atoms with Crippen LogP contribution in [0, 0.1) is 0 Å². The van der Waals surface area contributed by atoms with Crippen LogP contribution in [0.25, 0.3) is 22.4 Å². The number of piperidine rings is 1. The van der Waals surface area contributed by atoms with Crippen molar-refractivity contribution in [3.05, 3.63) is 48.8 Å². The third kappa shape index (κ3) is 3.75. The topological polar surface area (TPSA) is 103 Å². The minimum atomic E-state index is 0.262. The molecule has 4 rings (SSSR count). The normalized spacial score (nSPS) is 14.9. The van der Waals surface area contributed by atoms with Crippen molar-refractivity contribution in [3.8, 4) is 28.3 Å². The zero-order valence-electron chi connectivity index (χ0n) is 15.9. The summed E-state index contributed by atoms with van der Waals surface area (Å²) in [5, 5.41) is 0. The maximum atomic E-state index is 6.04. The summed E-state index contributed by atoms with van der Waals surface area (Å²) in [7, 11) is 1.60. The molecule has 0 saturated carbocycles. The number of nitrogen functional groups attached to an aromatic ring is 1. The summed E-state index contributed by atoms with van der Waals surface area (Å²) in [5.41, 5.74) is 16.3. The maximum Gasteiger partial charge on any atom is 0.225 e. The van der Waals surface area contributed by atoms with E-state index in [1.165, 1.54) is 0 Å². The fourth-order valence-electron chi connectivity index (χ4n) is 3.36. The molecule has 1 aliphatic heterocycles. The van der Waals surface area contributed by atoms with Gasteiger partial charge in [0.1, 0.15) is 0 Å². The molecule has 1 fully saturated rings. The van der Waals surface area contributed by atoms with Crippen LogP contribution in [-0.2, 0) is 0 Å². The van der Waals surface area contributed by atoms with Gasteiger partial charge in [0.2, 0.25) is 11.8 Å². The number of ether oxygens (including phenoxy) is 1. The first-order chi connectivity index (χ1) is 13.6. The lowest BCUT2D eigenvalue weighted by Gasteiger charge is -2.30. The van der Waals surface area contributed by atoms with Crippen molar-refractivity contribution >= 4 is 11.6 Å². The molecule has 0 radical (unpaired) electrons. The summed E-state index contributed by atoms with van der Waals surface area (Å²) in [6.07, 6.45) is 5.54. The number of hydrogen-bond donors (Lipinski definition) is 2. The average Bonchev–Trinajstić information content (AvgIpc) is 2.74. The van der Waals surface area contributed by atoms with Crippen LogP contribution in [0.1, 0.15) is 12.8 Å². The van der Waals surface area contributed by atoms with Crippen molar-refractivity contribution in [1.29, 1.82) is 0 Å². The number of nitrogens with zero attached hydrogens (tertiary/aromatic N) is 4. The van der Waals surface area contributed by atoms with Crippen molar-refractivity contribution in [2.75, 3.05) is 30.8 Å². The standard InChI is InChI=1S/C21H24N6O/c1-28-19-7-4-15(12-24-19)18-13-25-21(27-10-8-17(23)9-11-27)26-20(18)14-2-5-16(22)6-3-14/h2-7,12-13,17H,8-11,22-23H2,1H3. The van der Waals surface area contributed by atoms with E-state index in [0.717, 1.165) is 60.0 Å². The van der Waals surface area contributed by atoms with Crippen LogP contribution in [0.15, 0.2) is 48.8 Å². The Morgan fingerprint density at radius 1 is 0.964 bits per heavy atom. The molecule has 7 heteroatoms. The first kappa shape index (κ1) is 18.2. The summed E-state index contributed by atoms with van der Waals surface area (Å²) >= 11 is 0. The number of benzene rings is 1. The van der Waals surface area contributed by atoms with E-state index < -0.39 is 0 Å². The van der Waals surface area contributed by atoms with Crippen molar-refractivity contribution in [3.63, 3.8) is 0 Å². The molecule has 0 aliphatic carbocycles. The minimum absolute atomic E-state index is 0.262. The lowest BCUT2D eigenvalue weighted by Crippen LogP contribution is -2.40. The smallest absolute Gasteiger partial charge is 0.225 e. The molecule has 4 N–H and O–H groups in total. The summed E-state index contributed by atoms with van der Waals surface area (Å²) in [6.45, 7) is 1.73. The van der Waals surface area contributed by atoms with E-state index >= 15 is 0 Å². The molecule has 0 spiro atoms. The van der Waals surface area contributed by atoms with E-state index in [1.54, 1.807) is 13.3 Å². The van der Waals surface area contributed by atoms with Gasteiger partial charge in [-0.3, -0.25) is 0 Å². The molecular weight excluding hydrogens is 352 g/mol. The van der Waals surface area contributed by atoms with E-state index in [1.807, 2.05) is 42.6 Å². The van der Waals surface area contributed by atoms with Crippen LogP contribution >= 0.6 is 0 Å². The Bertz CT molecular complexity index is 934. The molecule has 3 heterocycles. The molecule has 1 aliphatic rings. The van der Waals surface area contributed by atoms with Crippen molar-refractivity contribution in [2.45, 2.75) is 18.9 Å². The number of hydrogen-bond acceptors (Lipinski definition) is 7. The second-order valence-corrected chi connectivity index (χ2v) is 6.97. The Labute approximate surface area is 164 Å². The molecule has 28 heavy (non-hydrogen) atoms. The highest BCUT2D eigenvalue weighted by atomic mass is 16.5. The number of aromatic nitrogens is 3. The van der Waals surface area contributed by atoms with Gasteiger partial charge in [0, 0.05) is 60.0 Å². The molecular formula is C21H24N6O. The predicted octanol–water partition coefficient (Wildman–Crippen LogP) is 2.72. The molecule has 144 valence electrons. The first-order valence-corrected chi connectivity index (χ1v) is 9.38.